The van der Waals surface area contributed by atoms with Crippen LogP contribution < -0.4 is 0 Å². The average molecular weight is 789 g/mol. The Hall–Kier alpha value is -8.20. The van der Waals surface area contributed by atoms with Gasteiger partial charge in [-0.15, -0.1) is 0 Å². The van der Waals surface area contributed by atoms with Crippen LogP contribution in [0.25, 0.3) is 111 Å². The summed E-state index contributed by atoms with van der Waals surface area (Å²) in [5.74, 6) is 0. The van der Waals surface area contributed by atoms with E-state index in [0.29, 0.717) is 0 Å². The van der Waals surface area contributed by atoms with Crippen LogP contribution in [-0.4, -0.2) is 9.13 Å². The molecule has 12 aromatic rings. The Kier molecular flexibility index (Phi) is 8.53. The largest absolute Gasteiger partial charge is 0.309 e. The second kappa shape index (κ2) is 14.8. The summed E-state index contributed by atoms with van der Waals surface area (Å²) in [4.78, 5) is 0. The molecular weight excluding hydrogens is 749 g/mol. The predicted molar refractivity (Wildman–Crippen MR) is 262 cm³/mol. The van der Waals surface area contributed by atoms with Gasteiger partial charge in [-0.2, -0.15) is 0 Å². The lowest BCUT2D eigenvalue weighted by atomic mass is 9.96. The van der Waals surface area contributed by atoms with E-state index >= 15 is 0 Å². The molecule has 0 amide bonds. The number of para-hydroxylation sites is 1. The van der Waals surface area contributed by atoms with Gasteiger partial charge >= 0.3 is 0 Å². The minimum Gasteiger partial charge on any atom is -0.309 e. The number of hydrogen-bond acceptors (Lipinski definition) is 0. The normalized spacial score (nSPS) is 11.5. The van der Waals surface area contributed by atoms with Gasteiger partial charge in [-0.25, -0.2) is 0 Å². The molecular formula is C60H40N2. The third-order valence-electron chi connectivity index (χ3n) is 12.5. The zero-order valence-electron chi connectivity index (χ0n) is 34.0. The molecule has 12 rings (SSSR count). The predicted octanol–water partition coefficient (Wildman–Crippen LogP) is 16.2. The van der Waals surface area contributed by atoms with Crippen LogP contribution in [0.4, 0.5) is 0 Å². The molecule has 2 aromatic heterocycles. The molecule has 0 fully saturated rings. The van der Waals surface area contributed by atoms with Crippen LogP contribution in [0.15, 0.2) is 243 Å². The fourth-order valence-electron chi connectivity index (χ4n) is 9.51. The van der Waals surface area contributed by atoms with Crippen molar-refractivity contribution in [2.45, 2.75) is 0 Å². The van der Waals surface area contributed by atoms with Gasteiger partial charge in [0.05, 0.1) is 22.1 Å². The van der Waals surface area contributed by atoms with E-state index in [4.69, 9.17) is 0 Å². The van der Waals surface area contributed by atoms with E-state index in [2.05, 4.69) is 252 Å². The monoisotopic (exact) mass is 788 g/mol. The molecule has 0 N–H and O–H groups in total. The summed E-state index contributed by atoms with van der Waals surface area (Å²) in [6.45, 7) is 0. The number of nitrogens with zero attached hydrogens (tertiary/aromatic N) is 2. The van der Waals surface area contributed by atoms with Gasteiger partial charge in [-0.3, -0.25) is 0 Å². The van der Waals surface area contributed by atoms with Crippen LogP contribution in [0.1, 0.15) is 0 Å². The van der Waals surface area contributed by atoms with Crippen molar-refractivity contribution in [1.82, 2.24) is 9.13 Å². The van der Waals surface area contributed by atoms with E-state index in [1.807, 2.05) is 0 Å². The number of fused-ring (bicyclic) bond motifs is 6. The maximum absolute atomic E-state index is 2.43. The van der Waals surface area contributed by atoms with E-state index in [-0.39, 0.29) is 0 Å². The van der Waals surface area contributed by atoms with E-state index < -0.39 is 0 Å². The van der Waals surface area contributed by atoms with Crippen molar-refractivity contribution in [3.05, 3.63) is 243 Å². The van der Waals surface area contributed by atoms with Crippen molar-refractivity contribution in [3.8, 4) is 67.0 Å². The lowest BCUT2D eigenvalue weighted by molar-refractivity contribution is 1.18. The zero-order chi connectivity index (χ0) is 41.0. The van der Waals surface area contributed by atoms with E-state index in [1.165, 1.54) is 99.2 Å². The first-order valence-corrected chi connectivity index (χ1v) is 21.3. The van der Waals surface area contributed by atoms with Crippen LogP contribution in [0.3, 0.4) is 0 Å². The molecule has 0 atom stereocenters. The lowest BCUT2D eigenvalue weighted by Gasteiger charge is -2.11. The topological polar surface area (TPSA) is 9.86 Å². The molecule has 2 nitrogen and oxygen atoms in total. The first-order valence-electron chi connectivity index (χ1n) is 21.3. The highest BCUT2D eigenvalue weighted by Gasteiger charge is 2.17. The second-order valence-electron chi connectivity index (χ2n) is 16.2. The lowest BCUT2D eigenvalue weighted by Crippen LogP contribution is -1.94. The third-order valence-corrected chi connectivity index (χ3v) is 12.5. The highest BCUT2D eigenvalue weighted by molar-refractivity contribution is 6.12. The molecule has 0 radical (unpaired) electrons. The Morgan fingerprint density at radius 3 is 0.935 bits per heavy atom. The second-order valence-corrected chi connectivity index (χ2v) is 16.2. The Balaban J connectivity index is 0.975. The van der Waals surface area contributed by atoms with Crippen LogP contribution in [0, 0.1) is 0 Å². The highest BCUT2D eigenvalue weighted by atomic mass is 15.0. The average Bonchev–Trinajstić information content (AvgIpc) is 3.87. The molecule has 0 aliphatic heterocycles. The zero-order valence-corrected chi connectivity index (χ0v) is 34.0. The molecule has 0 unspecified atom stereocenters. The van der Waals surface area contributed by atoms with Crippen molar-refractivity contribution >= 4 is 43.6 Å². The summed E-state index contributed by atoms with van der Waals surface area (Å²) in [7, 11) is 0. The van der Waals surface area contributed by atoms with Crippen molar-refractivity contribution < 1.29 is 0 Å². The maximum Gasteiger partial charge on any atom is 0.0541 e. The molecule has 0 aliphatic rings. The van der Waals surface area contributed by atoms with E-state index in [0.717, 1.165) is 11.4 Å². The molecule has 0 spiro atoms. The van der Waals surface area contributed by atoms with Crippen molar-refractivity contribution in [2.75, 3.05) is 0 Å². The molecule has 0 saturated heterocycles. The van der Waals surface area contributed by atoms with Crippen LogP contribution in [0.2, 0.25) is 0 Å². The van der Waals surface area contributed by atoms with Gasteiger partial charge in [0.2, 0.25) is 0 Å². The van der Waals surface area contributed by atoms with Crippen molar-refractivity contribution in [3.63, 3.8) is 0 Å². The maximum atomic E-state index is 2.43. The van der Waals surface area contributed by atoms with Gasteiger partial charge in [0.1, 0.15) is 0 Å². The van der Waals surface area contributed by atoms with E-state index in [1.54, 1.807) is 0 Å². The van der Waals surface area contributed by atoms with E-state index in [9.17, 15) is 0 Å². The summed E-state index contributed by atoms with van der Waals surface area (Å²) in [5, 5.41) is 4.96. The molecule has 290 valence electrons. The van der Waals surface area contributed by atoms with Crippen LogP contribution >= 0.6 is 0 Å². The quantitative estimate of drug-likeness (QED) is 0.152. The Labute approximate surface area is 360 Å². The number of rotatable bonds is 7. The number of benzene rings is 10. The smallest absolute Gasteiger partial charge is 0.0541 e. The highest BCUT2D eigenvalue weighted by Crippen LogP contribution is 2.40. The van der Waals surface area contributed by atoms with Gasteiger partial charge in [0.15, 0.2) is 0 Å². The molecule has 10 aromatic carbocycles. The summed E-state index contributed by atoms with van der Waals surface area (Å²) < 4.78 is 4.83. The number of hydrogen-bond donors (Lipinski definition) is 0. The van der Waals surface area contributed by atoms with Gasteiger partial charge in [0.25, 0.3) is 0 Å². The molecule has 0 saturated carbocycles. The summed E-state index contributed by atoms with van der Waals surface area (Å²) >= 11 is 0. The molecule has 0 bridgehead atoms. The third kappa shape index (κ3) is 6.12. The van der Waals surface area contributed by atoms with Gasteiger partial charge in [-0.1, -0.05) is 170 Å². The minimum atomic E-state index is 1.15. The Morgan fingerprint density at radius 1 is 0.177 bits per heavy atom. The fourth-order valence-corrected chi connectivity index (χ4v) is 9.51. The Morgan fingerprint density at radius 2 is 0.484 bits per heavy atom. The van der Waals surface area contributed by atoms with Crippen molar-refractivity contribution in [2.24, 2.45) is 0 Å². The summed E-state index contributed by atoms with van der Waals surface area (Å²) in [6.07, 6.45) is 0. The molecule has 2 heteroatoms. The van der Waals surface area contributed by atoms with Gasteiger partial charge in [0, 0.05) is 32.9 Å². The van der Waals surface area contributed by atoms with Crippen LogP contribution in [0.5, 0.6) is 0 Å². The van der Waals surface area contributed by atoms with Crippen molar-refractivity contribution in [1.29, 1.82) is 0 Å². The molecule has 2 heterocycles. The van der Waals surface area contributed by atoms with Gasteiger partial charge < -0.3 is 9.13 Å². The Bertz CT molecular complexity index is 3610. The molecule has 62 heavy (non-hydrogen) atoms. The summed E-state index contributed by atoms with van der Waals surface area (Å²) in [6, 6.07) is 88.4. The fraction of sp³-hybridized carbons (Fsp3) is 0. The van der Waals surface area contributed by atoms with Crippen LogP contribution in [-0.2, 0) is 0 Å². The SMILES string of the molecule is c1ccc(-c2cccc(-n3c4ccccc4c4cc(-c5cccc(-c6ccc7c(c6)c6cc(-c8ccccc8)ccc6n7-c6cccc(-c7ccccc7)c6)c5)ccc43)c2)cc1. The molecule has 0 aliphatic carbocycles. The van der Waals surface area contributed by atoms with Gasteiger partial charge in [-0.05, 0) is 128 Å². The number of aromatic nitrogens is 2. The standard InChI is InChI=1S/C60H40N2/c1-4-15-41(16-5-1)46-23-13-25-51(36-46)61-57-28-11-10-27-53(57)54-39-49(30-33-58(54)61)44-21-12-22-45(35-44)50-31-34-60-56(40-50)55-38-48(43-19-8-3-9-20-43)29-32-59(55)62(60)52-26-14-24-47(37-52)42-17-6-2-7-18-42/h1-40H. The first-order chi connectivity index (χ1) is 30.7. The summed E-state index contributed by atoms with van der Waals surface area (Å²) in [5.41, 5.74) is 19.1. The first kappa shape index (κ1) is 35.7. The minimum absolute atomic E-state index is 1.15.